The van der Waals surface area contributed by atoms with Crippen LogP contribution in [0.3, 0.4) is 0 Å². The molecular weight excluding hydrogens is 436 g/mol. The van der Waals surface area contributed by atoms with Crippen molar-refractivity contribution in [2.24, 2.45) is 0 Å². The van der Waals surface area contributed by atoms with E-state index in [0.29, 0.717) is 31.1 Å². The van der Waals surface area contributed by atoms with E-state index >= 15 is 0 Å². The number of sulfonamides is 1. The molecule has 0 amide bonds. The Morgan fingerprint density at radius 2 is 1.91 bits per heavy atom. The molecule has 0 bridgehead atoms. The van der Waals surface area contributed by atoms with Gasteiger partial charge >= 0.3 is 6.16 Å². The Morgan fingerprint density at radius 3 is 2.53 bits per heavy atom. The van der Waals surface area contributed by atoms with E-state index in [0.717, 1.165) is 21.3 Å². The number of hydrogen-bond donors (Lipinski definition) is 1. The molecule has 0 saturated carbocycles. The molecule has 4 rings (SSSR count). The minimum absolute atomic E-state index is 0.0448. The van der Waals surface area contributed by atoms with E-state index in [-0.39, 0.29) is 11.4 Å². The summed E-state index contributed by atoms with van der Waals surface area (Å²) in [7, 11) is -3.84. The molecule has 3 aromatic rings. The highest BCUT2D eigenvalue weighted by Gasteiger charge is 2.41. The lowest BCUT2D eigenvalue weighted by Crippen LogP contribution is -2.52. The summed E-state index contributed by atoms with van der Waals surface area (Å²) in [5.74, 6) is 1.79. The summed E-state index contributed by atoms with van der Waals surface area (Å²) in [5, 5.41) is 8.71. The van der Waals surface area contributed by atoms with Gasteiger partial charge in [0.15, 0.2) is 6.23 Å². The molecule has 168 valence electrons. The summed E-state index contributed by atoms with van der Waals surface area (Å²) < 4.78 is 42.4. The van der Waals surface area contributed by atoms with E-state index in [4.69, 9.17) is 14.3 Å². The van der Waals surface area contributed by atoms with Gasteiger partial charge in [-0.2, -0.15) is 4.31 Å². The van der Waals surface area contributed by atoms with Gasteiger partial charge in [-0.15, -0.1) is 0 Å². The summed E-state index contributed by atoms with van der Waals surface area (Å²) in [5.41, 5.74) is 1.70. The second-order valence-electron chi connectivity index (χ2n) is 7.20. The minimum Gasteiger partial charge on any atom is -0.493 e. The molecule has 1 N–H and O–H groups in total. The first-order chi connectivity index (χ1) is 15.3. The van der Waals surface area contributed by atoms with Gasteiger partial charge in [0.05, 0.1) is 17.2 Å². The first kappa shape index (κ1) is 21.8. The molecule has 1 fully saturated rings. The minimum atomic E-state index is -3.84. The van der Waals surface area contributed by atoms with Gasteiger partial charge in [0.2, 0.25) is 15.9 Å². The number of aryl methyl sites for hydroxylation is 1. The Bertz CT molecular complexity index is 1190. The van der Waals surface area contributed by atoms with Crippen LogP contribution in [-0.4, -0.2) is 48.3 Å². The Labute approximate surface area is 185 Å². The topological polar surface area (TPSA) is 119 Å². The first-order valence-corrected chi connectivity index (χ1v) is 11.4. The molecule has 0 radical (unpaired) electrons. The zero-order valence-corrected chi connectivity index (χ0v) is 18.1. The summed E-state index contributed by atoms with van der Waals surface area (Å²) in [6, 6.07) is 15.6. The van der Waals surface area contributed by atoms with Gasteiger partial charge in [-0.3, -0.25) is 0 Å². The molecule has 0 unspecified atom stereocenters. The SMILES string of the molecule is Cc1oc(-c2ccccc2)nc1CCOc1ccc(S(=O)(=O)N2CC[C@H]2OC(=O)O)cc1. The summed E-state index contributed by atoms with van der Waals surface area (Å²) in [4.78, 5) is 15.3. The van der Waals surface area contributed by atoms with E-state index < -0.39 is 22.4 Å². The first-order valence-electron chi connectivity index (χ1n) is 10.0. The van der Waals surface area contributed by atoms with Crippen LogP contribution in [0.1, 0.15) is 17.9 Å². The Morgan fingerprint density at radius 1 is 1.19 bits per heavy atom. The maximum Gasteiger partial charge on any atom is 0.507 e. The zero-order chi connectivity index (χ0) is 22.7. The number of nitrogens with zero attached hydrogens (tertiary/aromatic N) is 2. The maximum absolute atomic E-state index is 12.7. The highest BCUT2D eigenvalue weighted by atomic mass is 32.2. The molecule has 1 saturated heterocycles. The predicted octanol–water partition coefficient (Wildman–Crippen LogP) is 3.69. The average Bonchev–Trinajstić information content (AvgIpc) is 3.12. The van der Waals surface area contributed by atoms with Gasteiger partial charge in [-0.25, -0.2) is 18.2 Å². The third-order valence-electron chi connectivity index (χ3n) is 5.11. The van der Waals surface area contributed by atoms with Crippen molar-refractivity contribution in [3.63, 3.8) is 0 Å². The number of ether oxygens (including phenoxy) is 2. The van der Waals surface area contributed by atoms with E-state index in [9.17, 15) is 13.2 Å². The molecule has 0 aliphatic carbocycles. The highest BCUT2D eigenvalue weighted by molar-refractivity contribution is 7.89. The second-order valence-corrected chi connectivity index (χ2v) is 9.09. The predicted molar refractivity (Wildman–Crippen MR) is 114 cm³/mol. The van der Waals surface area contributed by atoms with Crippen LogP contribution in [0.2, 0.25) is 0 Å². The molecule has 10 heteroatoms. The van der Waals surface area contributed by atoms with Crippen LogP contribution in [0.4, 0.5) is 4.79 Å². The fourth-order valence-electron chi connectivity index (χ4n) is 3.32. The lowest BCUT2D eigenvalue weighted by Gasteiger charge is -2.37. The monoisotopic (exact) mass is 458 g/mol. The zero-order valence-electron chi connectivity index (χ0n) is 17.3. The van der Waals surface area contributed by atoms with Crippen LogP contribution in [-0.2, 0) is 21.2 Å². The Kier molecular flexibility index (Phi) is 6.15. The van der Waals surface area contributed by atoms with Gasteiger partial charge in [0, 0.05) is 24.9 Å². The number of carboxylic acid groups (broad SMARTS) is 1. The molecule has 1 aliphatic rings. The van der Waals surface area contributed by atoms with Crippen LogP contribution in [0.15, 0.2) is 63.9 Å². The van der Waals surface area contributed by atoms with E-state index in [1.54, 1.807) is 12.1 Å². The van der Waals surface area contributed by atoms with Crippen molar-refractivity contribution in [3.05, 3.63) is 66.1 Å². The molecule has 9 nitrogen and oxygen atoms in total. The third kappa shape index (κ3) is 4.61. The number of carbonyl (C=O) groups is 1. The fraction of sp³-hybridized carbons (Fsp3) is 0.273. The quantitative estimate of drug-likeness (QED) is 0.508. The smallest absolute Gasteiger partial charge is 0.493 e. The molecule has 0 spiro atoms. The number of rotatable bonds is 8. The molecule has 2 aromatic carbocycles. The van der Waals surface area contributed by atoms with Crippen LogP contribution in [0.25, 0.3) is 11.5 Å². The summed E-state index contributed by atoms with van der Waals surface area (Å²) >= 11 is 0. The van der Waals surface area contributed by atoms with Crippen molar-refractivity contribution in [2.45, 2.75) is 30.9 Å². The molecule has 1 atom stereocenters. The van der Waals surface area contributed by atoms with Crippen molar-refractivity contribution >= 4 is 16.2 Å². The van der Waals surface area contributed by atoms with Gasteiger partial charge in [0.1, 0.15) is 11.5 Å². The number of aromatic nitrogens is 1. The standard InChI is InChI=1S/C22H22N2O7S/c1-15-19(23-21(30-15)16-5-3-2-4-6-16)12-14-29-17-7-9-18(10-8-17)32(27,28)24-13-11-20(24)31-22(25)26/h2-10,20H,11-14H2,1H3,(H,25,26)/t20-/m1/s1. The van der Waals surface area contributed by atoms with E-state index in [2.05, 4.69) is 9.72 Å². The normalized spacial score (nSPS) is 16.3. The second kappa shape index (κ2) is 9.01. The van der Waals surface area contributed by atoms with Crippen molar-refractivity contribution in [1.82, 2.24) is 9.29 Å². The van der Waals surface area contributed by atoms with E-state index in [1.165, 1.54) is 12.1 Å². The van der Waals surface area contributed by atoms with Crippen molar-refractivity contribution in [1.29, 1.82) is 0 Å². The Hall–Kier alpha value is -3.37. The molecular formula is C22H22N2O7S. The van der Waals surface area contributed by atoms with Crippen LogP contribution >= 0.6 is 0 Å². The summed E-state index contributed by atoms with van der Waals surface area (Å²) in [6.45, 7) is 2.40. The van der Waals surface area contributed by atoms with Crippen LogP contribution in [0.5, 0.6) is 5.75 Å². The van der Waals surface area contributed by atoms with E-state index in [1.807, 2.05) is 37.3 Å². The van der Waals surface area contributed by atoms with Crippen molar-refractivity contribution in [3.8, 4) is 17.2 Å². The van der Waals surface area contributed by atoms with Crippen molar-refractivity contribution < 1.29 is 32.2 Å². The van der Waals surface area contributed by atoms with Crippen molar-refractivity contribution in [2.75, 3.05) is 13.2 Å². The fourth-order valence-corrected chi connectivity index (χ4v) is 4.88. The maximum atomic E-state index is 12.7. The molecule has 1 aromatic heterocycles. The number of benzene rings is 2. The summed E-state index contributed by atoms with van der Waals surface area (Å²) in [6.07, 6.45) is -1.62. The van der Waals surface area contributed by atoms with Gasteiger partial charge in [-0.1, -0.05) is 18.2 Å². The lowest BCUT2D eigenvalue weighted by atomic mass is 10.2. The van der Waals surface area contributed by atoms with Crippen LogP contribution in [0, 0.1) is 6.92 Å². The largest absolute Gasteiger partial charge is 0.507 e. The molecule has 32 heavy (non-hydrogen) atoms. The number of oxazole rings is 1. The van der Waals surface area contributed by atoms with Gasteiger partial charge < -0.3 is 19.0 Å². The number of hydrogen-bond acceptors (Lipinski definition) is 7. The lowest BCUT2D eigenvalue weighted by molar-refractivity contribution is -0.0490. The average molecular weight is 458 g/mol. The van der Waals surface area contributed by atoms with Gasteiger partial charge in [-0.05, 0) is 43.3 Å². The molecule has 2 heterocycles. The molecule has 1 aliphatic heterocycles. The van der Waals surface area contributed by atoms with Gasteiger partial charge in [0.25, 0.3) is 0 Å². The van der Waals surface area contributed by atoms with Crippen LogP contribution < -0.4 is 4.74 Å². The Balaban J connectivity index is 1.35. The third-order valence-corrected chi connectivity index (χ3v) is 7.01. The highest BCUT2D eigenvalue weighted by Crippen LogP contribution is 2.29.